The molecule has 0 atom stereocenters. The molecule has 5 rings (SSSR count). The van der Waals surface area contributed by atoms with Crippen LogP contribution in [0.5, 0.6) is 0 Å². The highest BCUT2D eigenvalue weighted by molar-refractivity contribution is 7.19. The molecule has 5 nitrogen and oxygen atoms in total. The maximum absolute atomic E-state index is 4.87. The van der Waals surface area contributed by atoms with Gasteiger partial charge in [0, 0.05) is 28.2 Å². The van der Waals surface area contributed by atoms with E-state index in [1.165, 1.54) is 28.7 Å². The Morgan fingerprint density at radius 1 is 1.15 bits per heavy atom. The third-order valence-electron chi connectivity index (χ3n) is 4.65. The Morgan fingerprint density at radius 3 is 2.96 bits per heavy atom. The number of anilines is 1. The highest BCUT2D eigenvalue weighted by Crippen LogP contribution is 2.39. The molecule has 130 valence electrons. The number of pyridine rings is 1. The van der Waals surface area contributed by atoms with Crippen LogP contribution in [0.1, 0.15) is 29.0 Å². The van der Waals surface area contributed by atoms with Gasteiger partial charge in [-0.25, -0.2) is 15.0 Å². The second-order valence-electron chi connectivity index (χ2n) is 6.36. The molecular formula is C19H17N5S2. The van der Waals surface area contributed by atoms with Gasteiger partial charge in [0.1, 0.15) is 10.6 Å². The number of nitrogens with zero attached hydrogens (tertiary/aromatic N) is 4. The molecule has 1 aliphatic rings. The van der Waals surface area contributed by atoms with E-state index in [0.29, 0.717) is 6.54 Å². The minimum absolute atomic E-state index is 0.673. The van der Waals surface area contributed by atoms with Crippen molar-refractivity contribution in [2.24, 2.45) is 0 Å². The van der Waals surface area contributed by atoms with Crippen LogP contribution in [0.25, 0.3) is 21.6 Å². The van der Waals surface area contributed by atoms with E-state index in [2.05, 4.69) is 20.7 Å². The number of thiazole rings is 1. The van der Waals surface area contributed by atoms with Crippen molar-refractivity contribution >= 4 is 38.7 Å². The largest absolute Gasteiger partial charge is 0.364 e. The summed E-state index contributed by atoms with van der Waals surface area (Å²) < 4.78 is 0. The van der Waals surface area contributed by atoms with Gasteiger partial charge < -0.3 is 5.32 Å². The molecule has 26 heavy (non-hydrogen) atoms. The predicted molar refractivity (Wildman–Crippen MR) is 107 cm³/mol. The Bertz CT molecular complexity index is 1040. The van der Waals surface area contributed by atoms with Gasteiger partial charge in [0.25, 0.3) is 0 Å². The standard InChI is InChI=1S/C19H17N5S2/c1-2-6-15-14(5-1)16-18(21-9-13-10-25-11-22-13)23-17(24-19(16)26-15)12-4-3-7-20-8-12/h3-4,7-8,10-11H,1-2,5-6,9H2,(H,21,23,24). The minimum Gasteiger partial charge on any atom is -0.364 e. The van der Waals surface area contributed by atoms with Crippen LogP contribution >= 0.6 is 22.7 Å². The molecule has 7 heteroatoms. The van der Waals surface area contributed by atoms with Gasteiger partial charge in [-0.15, -0.1) is 22.7 Å². The molecule has 0 bridgehead atoms. The Labute approximate surface area is 159 Å². The van der Waals surface area contributed by atoms with Crippen LogP contribution in [0.15, 0.2) is 35.4 Å². The number of hydrogen-bond acceptors (Lipinski definition) is 7. The topological polar surface area (TPSA) is 63.6 Å². The van der Waals surface area contributed by atoms with Crippen LogP contribution in [0.3, 0.4) is 0 Å². The maximum atomic E-state index is 4.87. The molecule has 0 fully saturated rings. The number of aromatic nitrogens is 4. The first-order valence-electron chi connectivity index (χ1n) is 8.72. The van der Waals surface area contributed by atoms with E-state index in [1.807, 2.05) is 35.2 Å². The number of fused-ring (bicyclic) bond motifs is 3. The summed E-state index contributed by atoms with van der Waals surface area (Å²) in [5.74, 6) is 1.64. The number of nitrogens with one attached hydrogen (secondary N) is 1. The van der Waals surface area contributed by atoms with Crippen molar-refractivity contribution in [3.8, 4) is 11.4 Å². The van der Waals surface area contributed by atoms with Crippen molar-refractivity contribution in [2.45, 2.75) is 32.2 Å². The van der Waals surface area contributed by atoms with Crippen molar-refractivity contribution in [3.05, 3.63) is 51.6 Å². The zero-order valence-electron chi connectivity index (χ0n) is 14.1. The second kappa shape index (κ2) is 6.74. The van der Waals surface area contributed by atoms with Crippen molar-refractivity contribution in [2.75, 3.05) is 5.32 Å². The Kier molecular flexibility index (Phi) is 4.10. The van der Waals surface area contributed by atoms with E-state index < -0.39 is 0 Å². The Balaban J connectivity index is 1.64. The fourth-order valence-corrected chi connectivity index (χ4v) is 5.23. The van der Waals surface area contributed by atoms with Gasteiger partial charge in [-0.05, 0) is 43.4 Å². The van der Waals surface area contributed by atoms with E-state index >= 15 is 0 Å². The summed E-state index contributed by atoms with van der Waals surface area (Å²) >= 11 is 3.43. The third-order valence-corrected chi connectivity index (χ3v) is 6.48. The molecular weight excluding hydrogens is 362 g/mol. The average molecular weight is 380 g/mol. The van der Waals surface area contributed by atoms with E-state index in [-0.39, 0.29) is 0 Å². The van der Waals surface area contributed by atoms with Gasteiger partial charge >= 0.3 is 0 Å². The van der Waals surface area contributed by atoms with Crippen LogP contribution in [0.4, 0.5) is 5.82 Å². The fraction of sp³-hybridized carbons (Fsp3) is 0.263. The van der Waals surface area contributed by atoms with Gasteiger partial charge in [-0.1, -0.05) is 0 Å². The van der Waals surface area contributed by atoms with Crippen LogP contribution in [-0.4, -0.2) is 19.9 Å². The summed E-state index contributed by atoms with van der Waals surface area (Å²) in [4.78, 5) is 20.9. The maximum Gasteiger partial charge on any atom is 0.164 e. The van der Waals surface area contributed by atoms with Gasteiger partial charge in [0.15, 0.2) is 5.82 Å². The lowest BCUT2D eigenvalue weighted by atomic mass is 9.97. The summed E-state index contributed by atoms with van der Waals surface area (Å²) in [6.45, 7) is 0.673. The first-order valence-corrected chi connectivity index (χ1v) is 10.5. The second-order valence-corrected chi connectivity index (χ2v) is 8.16. The predicted octanol–water partition coefficient (Wildman–Crippen LogP) is 4.70. The van der Waals surface area contributed by atoms with Crippen molar-refractivity contribution < 1.29 is 0 Å². The summed E-state index contributed by atoms with van der Waals surface area (Å²) in [7, 11) is 0. The van der Waals surface area contributed by atoms with E-state index in [9.17, 15) is 0 Å². The third kappa shape index (κ3) is 2.87. The smallest absolute Gasteiger partial charge is 0.164 e. The van der Waals surface area contributed by atoms with E-state index in [4.69, 9.17) is 9.97 Å². The lowest BCUT2D eigenvalue weighted by Gasteiger charge is -2.13. The SMILES string of the molecule is c1cncc(-c2nc(NCc3cscn3)c3c4c(sc3n2)CCCC4)c1. The number of rotatable bonds is 4. The quantitative estimate of drug-likeness (QED) is 0.557. The lowest BCUT2D eigenvalue weighted by Crippen LogP contribution is -2.06. The Hall–Kier alpha value is -2.38. The first kappa shape index (κ1) is 15.8. The summed E-state index contributed by atoms with van der Waals surface area (Å²) in [5, 5.41) is 6.78. The zero-order valence-corrected chi connectivity index (χ0v) is 15.7. The molecule has 0 amide bonds. The summed E-state index contributed by atoms with van der Waals surface area (Å²) in [6, 6.07) is 3.93. The minimum atomic E-state index is 0.673. The van der Waals surface area contributed by atoms with E-state index in [1.54, 1.807) is 17.5 Å². The number of aryl methyl sites for hydroxylation is 2. The number of thiophene rings is 1. The van der Waals surface area contributed by atoms with Crippen LogP contribution in [0.2, 0.25) is 0 Å². The molecule has 1 N–H and O–H groups in total. The zero-order chi connectivity index (χ0) is 17.3. The Morgan fingerprint density at radius 2 is 2.12 bits per heavy atom. The molecule has 0 radical (unpaired) electrons. The molecule has 4 aromatic heterocycles. The van der Waals surface area contributed by atoms with Crippen LogP contribution in [-0.2, 0) is 19.4 Å². The summed E-state index contributed by atoms with van der Waals surface area (Å²) in [6.07, 6.45) is 8.38. The molecule has 0 saturated heterocycles. The molecule has 0 aliphatic heterocycles. The molecule has 0 unspecified atom stereocenters. The molecule has 0 aromatic carbocycles. The van der Waals surface area contributed by atoms with Crippen LogP contribution < -0.4 is 5.32 Å². The number of hydrogen-bond donors (Lipinski definition) is 1. The molecule has 0 spiro atoms. The van der Waals surface area contributed by atoms with Crippen molar-refractivity contribution in [1.29, 1.82) is 0 Å². The highest BCUT2D eigenvalue weighted by atomic mass is 32.1. The fourth-order valence-electron chi connectivity index (χ4n) is 3.41. The van der Waals surface area contributed by atoms with Gasteiger partial charge in [-0.2, -0.15) is 0 Å². The lowest BCUT2D eigenvalue weighted by molar-refractivity contribution is 0.700. The highest BCUT2D eigenvalue weighted by Gasteiger charge is 2.21. The monoisotopic (exact) mass is 379 g/mol. The molecule has 1 aliphatic carbocycles. The average Bonchev–Trinajstić information content (AvgIpc) is 3.34. The van der Waals surface area contributed by atoms with Gasteiger partial charge in [0.05, 0.1) is 23.1 Å². The normalized spacial score (nSPS) is 13.7. The van der Waals surface area contributed by atoms with Crippen LogP contribution in [0, 0.1) is 0 Å². The van der Waals surface area contributed by atoms with Crippen molar-refractivity contribution in [3.63, 3.8) is 0 Å². The van der Waals surface area contributed by atoms with E-state index in [0.717, 1.165) is 40.6 Å². The first-order chi connectivity index (χ1) is 12.9. The molecule has 4 heterocycles. The van der Waals surface area contributed by atoms with Gasteiger partial charge in [0.2, 0.25) is 0 Å². The summed E-state index contributed by atoms with van der Waals surface area (Å²) in [5.41, 5.74) is 5.28. The molecule has 4 aromatic rings. The van der Waals surface area contributed by atoms with Gasteiger partial charge in [-0.3, -0.25) is 4.98 Å². The molecule has 0 saturated carbocycles. The van der Waals surface area contributed by atoms with Crippen molar-refractivity contribution in [1.82, 2.24) is 19.9 Å².